The Labute approximate surface area is 94.3 Å². The van der Waals surface area contributed by atoms with Crippen LogP contribution >= 0.6 is 39.1 Å². The van der Waals surface area contributed by atoms with Crippen LogP contribution < -0.4 is 5.32 Å². The van der Waals surface area contributed by atoms with E-state index in [2.05, 4.69) is 21.2 Å². The fraction of sp³-hybridized carbons (Fsp3) is 0.125. The summed E-state index contributed by atoms with van der Waals surface area (Å²) in [6.45, 7) is 0. The van der Waals surface area contributed by atoms with Crippen molar-refractivity contribution < 1.29 is 4.79 Å². The van der Waals surface area contributed by atoms with Crippen LogP contribution in [0.3, 0.4) is 0 Å². The number of benzene rings is 1. The molecular weight excluding hydrogens is 277 g/mol. The van der Waals surface area contributed by atoms with Crippen molar-refractivity contribution in [3.63, 3.8) is 0 Å². The first kappa shape index (κ1) is 10.8. The molecule has 0 unspecified atom stereocenters. The molecule has 0 fully saturated rings. The summed E-state index contributed by atoms with van der Waals surface area (Å²) in [6.07, 6.45) is 0. The van der Waals surface area contributed by atoms with Gasteiger partial charge in [-0.3, -0.25) is 4.79 Å². The van der Waals surface area contributed by atoms with Gasteiger partial charge in [0.2, 0.25) is 5.91 Å². The predicted molar refractivity (Wildman–Crippen MR) is 58.9 cm³/mol. The monoisotopic (exact) mass is 281 g/mol. The van der Waals surface area contributed by atoms with E-state index in [1.165, 1.54) is 0 Å². The molecule has 0 aliphatic heterocycles. The molecule has 1 N–H and O–H groups in total. The zero-order valence-electron chi connectivity index (χ0n) is 6.48. The van der Waals surface area contributed by atoms with E-state index in [0.717, 1.165) is 0 Å². The van der Waals surface area contributed by atoms with Gasteiger partial charge in [-0.15, -0.1) is 0 Å². The molecule has 0 aromatic heterocycles. The summed E-state index contributed by atoms with van der Waals surface area (Å²) in [5.41, 5.74) is 0.526. The van der Waals surface area contributed by atoms with Crippen LogP contribution in [0.2, 0.25) is 10.0 Å². The summed E-state index contributed by atoms with van der Waals surface area (Å²) < 4.78 is 0. The molecule has 1 aromatic rings. The van der Waals surface area contributed by atoms with Crippen LogP contribution in [0.5, 0.6) is 0 Å². The molecule has 1 amide bonds. The fourth-order valence-corrected chi connectivity index (χ4v) is 1.27. The van der Waals surface area contributed by atoms with E-state index in [-0.39, 0.29) is 11.2 Å². The molecule has 0 aliphatic rings. The Morgan fingerprint density at radius 3 is 2.77 bits per heavy atom. The third kappa shape index (κ3) is 2.86. The number of hydrogen-bond donors (Lipinski definition) is 1. The number of carbonyl (C=O) groups is 1. The van der Waals surface area contributed by atoms with Crippen LogP contribution in [0.15, 0.2) is 18.2 Å². The summed E-state index contributed by atoms with van der Waals surface area (Å²) >= 11 is 14.6. The smallest absolute Gasteiger partial charge is 0.235 e. The van der Waals surface area contributed by atoms with Gasteiger partial charge >= 0.3 is 0 Å². The van der Waals surface area contributed by atoms with Crippen LogP contribution in [0.1, 0.15) is 0 Å². The Kier molecular flexibility index (Phi) is 4.03. The van der Waals surface area contributed by atoms with Crippen LogP contribution in [0.25, 0.3) is 0 Å². The van der Waals surface area contributed by atoms with Crippen LogP contribution in [-0.2, 0) is 4.79 Å². The minimum absolute atomic E-state index is 0.163. The first-order valence-electron chi connectivity index (χ1n) is 3.45. The summed E-state index contributed by atoms with van der Waals surface area (Å²) in [5.74, 6) is -0.163. The molecule has 1 aromatic carbocycles. The average Bonchev–Trinajstić information content (AvgIpc) is 2.13. The highest BCUT2D eigenvalue weighted by Gasteiger charge is 2.06. The van der Waals surface area contributed by atoms with E-state index in [4.69, 9.17) is 23.2 Å². The van der Waals surface area contributed by atoms with Gasteiger partial charge < -0.3 is 5.32 Å². The van der Waals surface area contributed by atoms with Gasteiger partial charge in [-0.1, -0.05) is 45.2 Å². The minimum atomic E-state index is -0.163. The number of carbonyl (C=O) groups excluding carboxylic acids is 1. The second-order valence-electron chi connectivity index (χ2n) is 2.28. The van der Waals surface area contributed by atoms with Crippen molar-refractivity contribution in [3.05, 3.63) is 28.2 Å². The van der Waals surface area contributed by atoms with E-state index in [1.54, 1.807) is 18.2 Å². The lowest BCUT2D eigenvalue weighted by Crippen LogP contribution is -2.12. The normalized spacial score (nSPS) is 9.77. The zero-order chi connectivity index (χ0) is 9.84. The Hall–Kier alpha value is -0.250. The van der Waals surface area contributed by atoms with Crippen LogP contribution in [-0.4, -0.2) is 11.2 Å². The predicted octanol–water partition coefficient (Wildman–Crippen LogP) is 3.33. The molecule has 5 heteroatoms. The van der Waals surface area contributed by atoms with Gasteiger partial charge in [-0.2, -0.15) is 0 Å². The van der Waals surface area contributed by atoms with Crippen molar-refractivity contribution >= 4 is 50.7 Å². The largest absolute Gasteiger partial charge is 0.324 e. The Bertz CT molecular complexity index is 330. The number of alkyl halides is 1. The molecule has 13 heavy (non-hydrogen) atoms. The maximum absolute atomic E-state index is 11.0. The number of amides is 1. The Morgan fingerprint density at radius 2 is 2.15 bits per heavy atom. The van der Waals surface area contributed by atoms with Gasteiger partial charge in [0, 0.05) is 0 Å². The second kappa shape index (κ2) is 4.84. The summed E-state index contributed by atoms with van der Waals surface area (Å²) in [6, 6.07) is 5.07. The van der Waals surface area contributed by atoms with Crippen molar-refractivity contribution in [3.8, 4) is 0 Å². The number of hydrogen-bond acceptors (Lipinski definition) is 1. The number of nitrogens with one attached hydrogen (secondary N) is 1. The van der Waals surface area contributed by atoms with Crippen LogP contribution in [0, 0.1) is 0 Å². The highest BCUT2D eigenvalue weighted by Crippen LogP contribution is 2.29. The molecule has 0 radical (unpaired) electrons. The van der Waals surface area contributed by atoms with Gasteiger partial charge in [-0.05, 0) is 12.1 Å². The van der Waals surface area contributed by atoms with Crippen molar-refractivity contribution in [2.75, 3.05) is 10.6 Å². The van der Waals surface area contributed by atoms with Gasteiger partial charge in [0.05, 0.1) is 21.1 Å². The Balaban J connectivity index is 2.89. The third-order valence-electron chi connectivity index (χ3n) is 1.35. The van der Waals surface area contributed by atoms with Gasteiger partial charge in [0.15, 0.2) is 0 Å². The van der Waals surface area contributed by atoms with Crippen LogP contribution in [0.4, 0.5) is 5.69 Å². The highest BCUT2D eigenvalue weighted by molar-refractivity contribution is 9.09. The lowest BCUT2D eigenvalue weighted by molar-refractivity contribution is -0.113. The molecule has 0 atom stereocenters. The molecule has 0 aliphatic carbocycles. The van der Waals surface area contributed by atoms with Crippen molar-refractivity contribution in [2.45, 2.75) is 0 Å². The van der Waals surface area contributed by atoms with Gasteiger partial charge in [0.1, 0.15) is 0 Å². The molecule has 0 heterocycles. The Morgan fingerprint density at radius 1 is 1.46 bits per heavy atom. The van der Waals surface area contributed by atoms with Crippen molar-refractivity contribution in [2.24, 2.45) is 0 Å². The average molecular weight is 283 g/mol. The zero-order valence-corrected chi connectivity index (χ0v) is 9.58. The fourth-order valence-electron chi connectivity index (χ4n) is 0.784. The van der Waals surface area contributed by atoms with E-state index >= 15 is 0 Å². The molecule has 0 bridgehead atoms. The number of anilines is 1. The topological polar surface area (TPSA) is 29.1 Å². The summed E-state index contributed by atoms with van der Waals surface area (Å²) in [5, 5.41) is 3.62. The maximum atomic E-state index is 11.0. The molecule has 70 valence electrons. The van der Waals surface area contributed by atoms with Gasteiger partial charge in [-0.25, -0.2) is 0 Å². The summed E-state index contributed by atoms with van der Waals surface area (Å²) in [7, 11) is 0. The standard InChI is InChI=1S/C8H6BrCl2NO/c9-4-7(13)12-6-3-1-2-5(10)8(6)11/h1-3H,4H2,(H,12,13). The first-order valence-corrected chi connectivity index (χ1v) is 5.32. The first-order chi connectivity index (χ1) is 6.15. The second-order valence-corrected chi connectivity index (χ2v) is 3.63. The van der Waals surface area contributed by atoms with E-state index < -0.39 is 0 Å². The highest BCUT2D eigenvalue weighted by atomic mass is 79.9. The molecule has 0 saturated carbocycles. The quantitative estimate of drug-likeness (QED) is 0.829. The summed E-state index contributed by atoms with van der Waals surface area (Å²) in [4.78, 5) is 11.0. The molecule has 0 spiro atoms. The van der Waals surface area contributed by atoms with E-state index in [0.29, 0.717) is 15.7 Å². The SMILES string of the molecule is O=C(CBr)Nc1cccc(Cl)c1Cl. The van der Waals surface area contributed by atoms with Crippen molar-refractivity contribution in [1.82, 2.24) is 0 Å². The molecular formula is C8H6BrCl2NO. The lowest BCUT2D eigenvalue weighted by atomic mass is 10.3. The van der Waals surface area contributed by atoms with E-state index in [9.17, 15) is 4.79 Å². The lowest BCUT2D eigenvalue weighted by Gasteiger charge is -2.05. The number of halogens is 3. The number of rotatable bonds is 2. The van der Waals surface area contributed by atoms with Gasteiger partial charge in [0.25, 0.3) is 0 Å². The molecule has 2 nitrogen and oxygen atoms in total. The van der Waals surface area contributed by atoms with E-state index in [1.807, 2.05) is 0 Å². The minimum Gasteiger partial charge on any atom is -0.324 e. The third-order valence-corrected chi connectivity index (χ3v) is 2.68. The molecule has 1 rings (SSSR count). The maximum Gasteiger partial charge on any atom is 0.235 e. The van der Waals surface area contributed by atoms with Crippen molar-refractivity contribution in [1.29, 1.82) is 0 Å². The molecule has 0 saturated heterocycles.